The number of aliphatic hydroxyl groups is 9. The van der Waals surface area contributed by atoms with Crippen LogP contribution in [0, 0.1) is 45.3 Å². The van der Waals surface area contributed by atoms with Gasteiger partial charge >= 0.3 is 0 Å². The molecule has 0 aromatic rings. The number of hydrogen-bond donors (Lipinski definition) is 9. The van der Waals surface area contributed by atoms with Gasteiger partial charge in [0, 0.05) is 0 Å². The van der Waals surface area contributed by atoms with Crippen molar-refractivity contribution >= 4 is 0 Å². The van der Waals surface area contributed by atoms with E-state index < -0.39 is 114 Å². The minimum Gasteiger partial charge on any atom is -0.394 e. The Morgan fingerprint density at radius 2 is 1.49 bits per heavy atom. The Hall–Kier alpha value is -0.780. The van der Waals surface area contributed by atoms with Crippen molar-refractivity contribution in [2.45, 2.75) is 199 Å². The molecule has 2 heterocycles. The van der Waals surface area contributed by atoms with Crippen molar-refractivity contribution in [1.29, 1.82) is 0 Å². The summed E-state index contributed by atoms with van der Waals surface area (Å²) in [5.74, 6) is -0.526. The second kappa shape index (κ2) is 15.4. The fourth-order valence-electron chi connectivity index (χ4n) is 13.3. The smallest absolute Gasteiger partial charge is 0.187 e. The molecule has 2 saturated heterocycles. The average Bonchev–Trinajstić information content (AvgIpc) is 3.49. The molecule has 13 nitrogen and oxygen atoms in total. The van der Waals surface area contributed by atoms with Crippen LogP contribution in [0.5, 0.6) is 0 Å². The van der Waals surface area contributed by atoms with Crippen LogP contribution in [0.15, 0.2) is 11.6 Å². The van der Waals surface area contributed by atoms with Crippen LogP contribution in [0.25, 0.3) is 0 Å². The third kappa shape index (κ3) is 7.10. The average molecular weight is 785 g/mol. The highest BCUT2D eigenvalue weighted by molar-refractivity contribution is 5.22. The van der Waals surface area contributed by atoms with E-state index in [0.29, 0.717) is 32.1 Å². The summed E-state index contributed by atoms with van der Waals surface area (Å²) in [6.07, 6.45) is -8.99. The number of aliphatic hydroxyl groups excluding tert-OH is 8. The van der Waals surface area contributed by atoms with Crippen molar-refractivity contribution in [3.63, 3.8) is 0 Å². The molecule has 0 unspecified atom stereocenters. The molecule has 0 amide bonds. The predicted octanol–water partition coefficient (Wildman–Crippen LogP) is 2.15. The lowest BCUT2D eigenvalue weighted by Gasteiger charge is -2.72. The molecule has 0 spiro atoms. The first-order valence-electron chi connectivity index (χ1n) is 20.8. The molecule has 318 valence electrons. The van der Waals surface area contributed by atoms with Crippen LogP contribution in [0.3, 0.4) is 0 Å². The lowest BCUT2D eigenvalue weighted by Crippen LogP contribution is -2.71. The molecule has 6 aliphatic rings. The first-order chi connectivity index (χ1) is 25.5. The maximum Gasteiger partial charge on any atom is 0.187 e. The molecule has 9 N–H and O–H groups in total. The molecule has 21 atom stereocenters. The summed E-state index contributed by atoms with van der Waals surface area (Å²) < 4.78 is 25.1. The van der Waals surface area contributed by atoms with E-state index in [4.69, 9.17) is 18.9 Å². The standard InChI is InChI=1S/C42H72O13/c1-20(2)11-10-14-42(9,51)22-12-16-40(7)28(22)23(44)17-26-39(6)15-13-27(45)38(4,5)35(39)24(18-41(26,40)8)53-37-34(32(49)30(47)25(19-43)54-37)55-36-33(50)31(48)29(46)21(3)52-36/h11,21-37,43-51H,10,12-19H2,1-9H3/t21-,22+,23-,24+,25+,26-,27+,28+,29+,30+,31+,32-,33+,34+,35-,36+,37+,39-,40+,41-,42-/m1/s1. The van der Waals surface area contributed by atoms with Crippen LogP contribution in [0.2, 0.25) is 0 Å². The summed E-state index contributed by atoms with van der Waals surface area (Å²) in [6, 6.07) is 0. The van der Waals surface area contributed by atoms with Gasteiger partial charge in [-0.15, -0.1) is 0 Å². The molecule has 0 aromatic heterocycles. The van der Waals surface area contributed by atoms with Gasteiger partial charge in [0.05, 0.1) is 36.6 Å². The topological polar surface area (TPSA) is 219 Å². The fraction of sp³-hybridized carbons (Fsp3) is 0.952. The van der Waals surface area contributed by atoms with E-state index in [1.807, 2.05) is 20.8 Å². The SMILES string of the molecule is CC(C)=CCC[C@@](C)(O)[C@H]1CC[C@@]2(C)[C@@H]1[C@H](O)C[C@@H]1[C@@]3(C)CC[C@H](O)C(C)(C)[C@H]3[C@@H](O[C@H]3O[C@@H](CO)[C@H](O)[C@@H](O)[C@@H]3O[C@@H]3O[C@H](C)[C@H](O)[C@H](O)[C@@H]3O)C[C@]12C. The Morgan fingerprint density at radius 1 is 0.818 bits per heavy atom. The van der Waals surface area contributed by atoms with Crippen LogP contribution in [-0.2, 0) is 18.9 Å². The maximum absolute atomic E-state index is 12.3. The zero-order valence-electron chi connectivity index (χ0n) is 34.4. The van der Waals surface area contributed by atoms with Gasteiger partial charge in [-0.2, -0.15) is 0 Å². The van der Waals surface area contributed by atoms with Gasteiger partial charge in [0.2, 0.25) is 0 Å². The van der Waals surface area contributed by atoms with E-state index in [1.165, 1.54) is 12.5 Å². The first kappa shape index (κ1) is 43.8. The molecule has 0 radical (unpaired) electrons. The minimum atomic E-state index is -1.70. The quantitative estimate of drug-likeness (QED) is 0.121. The summed E-state index contributed by atoms with van der Waals surface area (Å²) in [4.78, 5) is 0. The van der Waals surface area contributed by atoms with Gasteiger partial charge in [-0.1, -0.05) is 46.3 Å². The highest BCUT2D eigenvalue weighted by Crippen LogP contribution is 2.76. The van der Waals surface area contributed by atoms with Crippen LogP contribution in [-0.4, -0.2) is 138 Å². The van der Waals surface area contributed by atoms with E-state index in [-0.39, 0.29) is 23.7 Å². The summed E-state index contributed by atoms with van der Waals surface area (Å²) in [5, 5.41) is 100. The Bertz CT molecular complexity index is 1390. The minimum absolute atomic E-state index is 0.0411. The maximum atomic E-state index is 12.3. The van der Waals surface area contributed by atoms with Crippen molar-refractivity contribution in [3.8, 4) is 0 Å². The van der Waals surface area contributed by atoms with E-state index in [9.17, 15) is 46.0 Å². The summed E-state index contributed by atoms with van der Waals surface area (Å²) in [5.41, 5.74) is -1.71. The largest absolute Gasteiger partial charge is 0.394 e. The van der Waals surface area contributed by atoms with Gasteiger partial charge in [0.25, 0.3) is 0 Å². The van der Waals surface area contributed by atoms with E-state index in [0.717, 1.165) is 19.3 Å². The highest BCUT2D eigenvalue weighted by atomic mass is 16.8. The van der Waals surface area contributed by atoms with E-state index in [1.54, 1.807) is 0 Å². The lowest BCUT2D eigenvalue weighted by atomic mass is 9.34. The molecule has 55 heavy (non-hydrogen) atoms. The molecule has 4 saturated carbocycles. The van der Waals surface area contributed by atoms with Gasteiger partial charge in [0.1, 0.15) is 42.7 Å². The molecule has 13 heteroatoms. The lowest BCUT2D eigenvalue weighted by molar-refractivity contribution is -0.382. The van der Waals surface area contributed by atoms with Crippen molar-refractivity contribution in [2.24, 2.45) is 45.3 Å². The molecule has 6 rings (SSSR count). The molecule has 0 aromatic carbocycles. The summed E-state index contributed by atoms with van der Waals surface area (Å²) in [7, 11) is 0. The zero-order valence-corrected chi connectivity index (χ0v) is 34.4. The summed E-state index contributed by atoms with van der Waals surface area (Å²) >= 11 is 0. The second-order valence-electron chi connectivity index (χ2n) is 20.3. The third-order valence-corrected chi connectivity index (χ3v) is 16.5. The monoisotopic (exact) mass is 784 g/mol. The molecule has 4 aliphatic carbocycles. The Morgan fingerprint density at radius 3 is 2.13 bits per heavy atom. The second-order valence-corrected chi connectivity index (χ2v) is 20.3. The number of fused-ring (bicyclic) bond motifs is 5. The van der Waals surface area contributed by atoms with Crippen LogP contribution in [0.1, 0.15) is 114 Å². The number of hydrogen-bond acceptors (Lipinski definition) is 13. The van der Waals surface area contributed by atoms with Gasteiger partial charge in [-0.05, 0) is 124 Å². The number of allylic oxidation sites excluding steroid dienone is 2. The van der Waals surface area contributed by atoms with E-state index >= 15 is 0 Å². The van der Waals surface area contributed by atoms with Crippen molar-refractivity contribution in [2.75, 3.05) is 6.61 Å². The van der Waals surface area contributed by atoms with Crippen LogP contribution < -0.4 is 0 Å². The van der Waals surface area contributed by atoms with Crippen molar-refractivity contribution in [3.05, 3.63) is 11.6 Å². The molecular formula is C42H72O13. The predicted molar refractivity (Wildman–Crippen MR) is 201 cm³/mol. The third-order valence-electron chi connectivity index (χ3n) is 16.5. The summed E-state index contributed by atoms with van der Waals surface area (Å²) in [6.45, 7) is 17.8. The Labute approximate surface area is 327 Å². The van der Waals surface area contributed by atoms with Gasteiger partial charge in [0.15, 0.2) is 12.6 Å². The fourth-order valence-corrected chi connectivity index (χ4v) is 13.3. The van der Waals surface area contributed by atoms with E-state index in [2.05, 4.69) is 40.7 Å². The van der Waals surface area contributed by atoms with Crippen LogP contribution in [0.4, 0.5) is 0 Å². The van der Waals surface area contributed by atoms with Gasteiger partial charge in [-0.25, -0.2) is 0 Å². The van der Waals surface area contributed by atoms with Crippen LogP contribution >= 0.6 is 0 Å². The van der Waals surface area contributed by atoms with Gasteiger partial charge in [-0.3, -0.25) is 0 Å². The normalized spacial score (nSPS) is 53.4. The Kier molecular flexibility index (Phi) is 12.2. The van der Waals surface area contributed by atoms with Crippen molar-refractivity contribution in [1.82, 2.24) is 0 Å². The van der Waals surface area contributed by atoms with Gasteiger partial charge < -0.3 is 64.9 Å². The Balaban J connectivity index is 1.38. The zero-order chi connectivity index (χ0) is 40.8. The molecule has 2 aliphatic heterocycles. The number of rotatable bonds is 9. The first-order valence-corrected chi connectivity index (χ1v) is 20.8. The highest BCUT2D eigenvalue weighted by Gasteiger charge is 2.73. The molecule has 6 fully saturated rings. The van der Waals surface area contributed by atoms with Crippen molar-refractivity contribution < 1.29 is 64.9 Å². The molecular weight excluding hydrogens is 712 g/mol. The number of ether oxygens (including phenoxy) is 4. The molecule has 0 bridgehead atoms.